The highest BCUT2D eigenvalue weighted by molar-refractivity contribution is 8.06. The molecule has 4 rings (SSSR count). The summed E-state index contributed by atoms with van der Waals surface area (Å²) in [6, 6.07) is 5.51. The van der Waals surface area contributed by atoms with E-state index < -0.39 is 0 Å². The number of aromatic nitrogens is 1. The molecule has 1 aromatic heterocycles. The van der Waals surface area contributed by atoms with Crippen molar-refractivity contribution in [1.82, 2.24) is 15.0 Å². The van der Waals surface area contributed by atoms with Gasteiger partial charge in [0.05, 0.1) is 6.04 Å². The molecule has 0 bridgehead atoms. The van der Waals surface area contributed by atoms with E-state index >= 15 is 0 Å². The van der Waals surface area contributed by atoms with Crippen molar-refractivity contribution in [2.45, 2.75) is 19.0 Å². The second-order valence-corrected chi connectivity index (χ2v) is 6.40. The minimum Gasteiger partial charge on any atom is -0.379 e. The molecule has 20 heavy (non-hydrogen) atoms. The number of benzene rings is 1. The van der Waals surface area contributed by atoms with Gasteiger partial charge in [0.15, 0.2) is 0 Å². The second kappa shape index (κ2) is 4.84. The van der Waals surface area contributed by atoms with Crippen LogP contribution in [0.15, 0.2) is 30.6 Å². The molecule has 5 heteroatoms. The van der Waals surface area contributed by atoms with E-state index in [1.807, 2.05) is 0 Å². The van der Waals surface area contributed by atoms with Gasteiger partial charge < -0.3 is 15.6 Å². The lowest BCUT2D eigenvalue weighted by Crippen LogP contribution is -2.51. The van der Waals surface area contributed by atoms with E-state index in [1.54, 1.807) is 11.9 Å². The summed E-state index contributed by atoms with van der Waals surface area (Å²) in [5.74, 6) is 0. The summed E-state index contributed by atoms with van der Waals surface area (Å²) in [7, 11) is 0. The van der Waals surface area contributed by atoms with Crippen molar-refractivity contribution in [2.75, 3.05) is 18.4 Å². The Morgan fingerprint density at radius 3 is 2.85 bits per heavy atom. The number of hydrogen-bond acceptors (Lipinski definition) is 4. The van der Waals surface area contributed by atoms with E-state index in [0.717, 1.165) is 13.1 Å². The first kappa shape index (κ1) is 12.3. The maximum Gasteiger partial charge on any atom is 0.0510 e. The summed E-state index contributed by atoms with van der Waals surface area (Å²) in [6.07, 6.45) is 6.43. The van der Waals surface area contributed by atoms with Crippen LogP contribution >= 0.6 is 11.9 Å². The van der Waals surface area contributed by atoms with Crippen LogP contribution in [0.4, 0.5) is 5.69 Å². The fourth-order valence-electron chi connectivity index (χ4n) is 2.65. The van der Waals surface area contributed by atoms with E-state index in [9.17, 15) is 0 Å². The monoisotopic (exact) mass is 286 g/mol. The second-order valence-electron chi connectivity index (χ2n) is 5.52. The topological polar surface area (TPSA) is 51.9 Å². The molecular weight excluding hydrogens is 268 g/mol. The van der Waals surface area contributed by atoms with E-state index in [0.29, 0.717) is 12.1 Å². The minimum atomic E-state index is 0.434. The highest BCUT2D eigenvalue weighted by atomic mass is 32.2. The quantitative estimate of drug-likeness (QED) is 0.655. The summed E-state index contributed by atoms with van der Waals surface area (Å²) in [4.78, 5) is 4.53. The molecule has 2 aromatic rings. The fourth-order valence-corrected chi connectivity index (χ4v) is 3.54. The van der Waals surface area contributed by atoms with Crippen LogP contribution in [0, 0.1) is 0 Å². The molecule has 1 saturated heterocycles. The van der Waals surface area contributed by atoms with Crippen LogP contribution in [-0.4, -0.2) is 30.2 Å². The summed E-state index contributed by atoms with van der Waals surface area (Å²) in [5.41, 5.74) is 2.51. The van der Waals surface area contributed by atoms with Crippen molar-refractivity contribution < 1.29 is 0 Å². The van der Waals surface area contributed by atoms with Crippen molar-refractivity contribution in [3.05, 3.63) is 36.2 Å². The number of rotatable bonds is 3. The molecule has 3 heterocycles. The number of fused-ring (bicyclic) bond motifs is 1. The highest BCUT2D eigenvalue weighted by Crippen LogP contribution is 2.36. The number of nitrogens with one attached hydrogen (secondary N) is 4. The molecule has 1 aromatic carbocycles. The molecule has 0 saturated carbocycles. The Bertz CT molecular complexity index is 672. The zero-order chi connectivity index (χ0) is 13.5. The van der Waals surface area contributed by atoms with Crippen molar-refractivity contribution in [3.8, 4) is 0 Å². The third kappa shape index (κ3) is 2.12. The van der Waals surface area contributed by atoms with Crippen molar-refractivity contribution in [3.63, 3.8) is 0 Å². The zero-order valence-electron chi connectivity index (χ0n) is 11.4. The van der Waals surface area contributed by atoms with Crippen LogP contribution < -0.4 is 15.4 Å². The molecule has 4 N–H and O–H groups in total. The predicted octanol–water partition coefficient (Wildman–Crippen LogP) is 2.53. The van der Waals surface area contributed by atoms with Gasteiger partial charge in [-0.15, -0.1) is 0 Å². The van der Waals surface area contributed by atoms with Crippen LogP contribution in [0.3, 0.4) is 0 Å². The van der Waals surface area contributed by atoms with Gasteiger partial charge in [-0.05, 0) is 36.6 Å². The zero-order valence-corrected chi connectivity index (χ0v) is 12.2. The van der Waals surface area contributed by atoms with Gasteiger partial charge in [0, 0.05) is 52.9 Å². The fraction of sp³-hybridized carbons (Fsp3) is 0.333. The lowest BCUT2D eigenvalue weighted by atomic mass is 10.1. The minimum absolute atomic E-state index is 0.434. The van der Waals surface area contributed by atoms with E-state index in [-0.39, 0.29) is 0 Å². The van der Waals surface area contributed by atoms with Crippen molar-refractivity contribution >= 4 is 33.3 Å². The van der Waals surface area contributed by atoms with Crippen molar-refractivity contribution in [1.29, 1.82) is 0 Å². The first-order valence-corrected chi connectivity index (χ1v) is 7.83. The molecule has 1 fully saturated rings. The summed E-state index contributed by atoms with van der Waals surface area (Å²) >= 11 is 1.72. The van der Waals surface area contributed by atoms with Crippen LogP contribution in [-0.2, 0) is 0 Å². The lowest BCUT2D eigenvalue weighted by molar-refractivity contribution is 0.472. The summed E-state index contributed by atoms with van der Waals surface area (Å²) < 4.78 is 3.38. The van der Waals surface area contributed by atoms with Crippen molar-refractivity contribution in [2.24, 2.45) is 0 Å². The molecule has 104 valence electrons. The molecule has 0 amide bonds. The van der Waals surface area contributed by atoms with Crippen LogP contribution in [0.1, 0.15) is 12.5 Å². The van der Waals surface area contributed by atoms with E-state index in [4.69, 9.17) is 0 Å². The maximum atomic E-state index is 3.64. The van der Waals surface area contributed by atoms with Crippen LogP contribution in [0.5, 0.6) is 0 Å². The van der Waals surface area contributed by atoms with E-state index in [2.05, 4.69) is 57.9 Å². The average molecular weight is 286 g/mol. The Balaban J connectivity index is 1.75. The Hall–Kier alpha value is -1.43. The predicted molar refractivity (Wildman–Crippen MR) is 86.7 cm³/mol. The van der Waals surface area contributed by atoms with E-state index in [1.165, 1.54) is 26.9 Å². The number of aromatic amines is 1. The van der Waals surface area contributed by atoms with Gasteiger partial charge in [-0.1, -0.05) is 6.08 Å². The number of anilines is 1. The SMILES string of the molecule is CC1C=C(c2cc(NC3CNC3)c3c[nH]cc3c2)SN1. The molecule has 0 radical (unpaired) electrons. The third-order valence-electron chi connectivity index (χ3n) is 3.86. The molecule has 1 unspecified atom stereocenters. The Morgan fingerprint density at radius 2 is 2.15 bits per heavy atom. The highest BCUT2D eigenvalue weighted by Gasteiger charge is 2.19. The van der Waals surface area contributed by atoms with Gasteiger partial charge in [-0.3, -0.25) is 4.72 Å². The Kier molecular flexibility index (Phi) is 2.98. The molecule has 0 spiro atoms. The molecule has 0 aliphatic carbocycles. The Labute approximate surface area is 122 Å². The van der Waals surface area contributed by atoms with Gasteiger partial charge in [0.25, 0.3) is 0 Å². The third-order valence-corrected chi connectivity index (χ3v) is 4.94. The normalized spacial score (nSPS) is 22.9. The van der Waals surface area contributed by atoms with Crippen LogP contribution in [0.2, 0.25) is 0 Å². The van der Waals surface area contributed by atoms with Crippen LogP contribution in [0.25, 0.3) is 15.7 Å². The van der Waals surface area contributed by atoms with Gasteiger partial charge in [-0.2, -0.15) is 0 Å². The standard InChI is InChI=1S/C15H18N4S/c1-9-2-15(20-19-9)10-3-11-5-16-8-13(11)14(4-10)18-12-6-17-7-12/h2-5,8-9,12,16-19H,6-7H2,1H3. The smallest absolute Gasteiger partial charge is 0.0510 e. The van der Waals surface area contributed by atoms with Gasteiger partial charge in [0.2, 0.25) is 0 Å². The van der Waals surface area contributed by atoms with Gasteiger partial charge in [0.1, 0.15) is 0 Å². The Morgan fingerprint density at radius 1 is 1.25 bits per heavy atom. The average Bonchev–Trinajstić information content (AvgIpc) is 3.01. The largest absolute Gasteiger partial charge is 0.379 e. The molecular formula is C15H18N4S. The molecule has 1 atom stereocenters. The first-order valence-electron chi connectivity index (χ1n) is 7.02. The molecule has 2 aliphatic heterocycles. The number of H-pyrrole nitrogens is 1. The molecule has 4 nitrogen and oxygen atoms in total. The number of hydrogen-bond donors (Lipinski definition) is 4. The lowest BCUT2D eigenvalue weighted by Gasteiger charge is -2.29. The summed E-state index contributed by atoms with van der Waals surface area (Å²) in [6.45, 7) is 4.27. The first-order chi connectivity index (χ1) is 9.79. The molecule has 2 aliphatic rings. The van der Waals surface area contributed by atoms with Gasteiger partial charge in [-0.25, -0.2) is 0 Å². The van der Waals surface area contributed by atoms with Gasteiger partial charge >= 0.3 is 0 Å². The maximum absolute atomic E-state index is 3.64. The summed E-state index contributed by atoms with van der Waals surface area (Å²) in [5, 5.41) is 9.48.